The van der Waals surface area contributed by atoms with Crippen LogP contribution < -0.4 is 0 Å². The monoisotopic (exact) mass is 383 g/mol. The summed E-state index contributed by atoms with van der Waals surface area (Å²) in [5, 5.41) is 1.91. The molecule has 0 bridgehead atoms. The lowest BCUT2D eigenvalue weighted by molar-refractivity contribution is -0.134. The Labute approximate surface area is 168 Å². The van der Waals surface area contributed by atoms with E-state index in [2.05, 4.69) is 11.1 Å². The van der Waals surface area contributed by atoms with Gasteiger partial charge in [-0.1, -0.05) is 24.3 Å². The van der Waals surface area contributed by atoms with Gasteiger partial charge in [0.2, 0.25) is 0 Å². The molecule has 144 valence electrons. The number of imide groups is 1. The van der Waals surface area contributed by atoms with Crippen LogP contribution in [0.15, 0.2) is 48.8 Å². The highest BCUT2D eigenvalue weighted by Gasteiger charge is 2.39. The van der Waals surface area contributed by atoms with Crippen LogP contribution >= 0.6 is 0 Å². The summed E-state index contributed by atoms with van der Waals surface area (Å²) in [6.07, 6.45) is 3.78. The number of H-pyrrole nitrogens is 1. The van der Waals surface area contributed by atoms with E-state index in [1.165, 1.54) is 4.90 Å². The van der Waals surface area contributed by atoms with Gasteiger partial charge in [-0.2, -0.15) is 0 Å². The summed E-state index contributed by atoms with van der Waals surface area (Å²) in [7, 11) is 3.51. The first-order valence-corrected chi connectivity index (χ1v) is 9.57. The van der Waals surface area contributed by atoms with Crippen LogP contribution in [0.2, 0.25) is 0 Å². The van der Waals surface area contributed by atoms with Crippen molar-refractivity contribution in [2.24, 2.45) is 7.05 Å². The van der Waals surface area contributed by atoms with E-state index in [0.717, 1.165) is 44.1 Å². The fourth-order valence-electron chi connectivity index (χ4n) is 4.28. The summed E-state index contributed by atoms with van der Waals surface area (Å²) in [5.74, 6) is -0.532. The Hall–Kier alpha value is -3.60. The lowest BCUT2D eigenvalue weighted by Crippen LogP contribution is -2.26. The van der Waals surface area contributed by atoms with Crippen molar-refractivity contribution < 1.29 is 9.59 Å². The molecule has 1 aliphatic heterocycles. The average molecular weight is 383 g/mol. The van der Waals surface area contributed by atoms with Gasteiger partial charge in [0, 0.05) is 59.4 Å². The maximum Gasteiger partial charge on any atom is 0.261 e. The predicted octanol–water partition coefficient (Wildman–Crippen LogP) is 4.19. The number of hydrogen-bond acceptors (Lipinski definition) is 2. The topological polar surface area (TPSA) is 58.1 Å². The lowest BCUT2D eigenvalue weighted by atomic mass is 9.95. The fourth-order valence-corrected chi connectivity index (χ4v) is 4.28. The highest BCUT2D eigenvalue weighted by Crippen LogP contribution is 2.40. The number of aryl methyl sites for hydroxylation is 3. The molecule has 0 radical (unpaired) electrons. The molecule has 4 aromatic rings. The average Bonchev–Trinajstić information content (AvgIpc) is 3.30. The second-order valence-electron chi connectivity index (χ2n) is 7.84. The maximum atomic E-state index is 13.2. The quantitative estimate of drug-likeness (QED) is 0.528. The molecule has 0 saturated carbocycles. The van der Waals surface area contributed by atoms with E-state index in [1.54, 1.807) is 7.05 Å². The number of carbonyl (C=O) groups is 2. The number of carbonyl (C=O) groups excluding carboxylic acids is 2. The van der Waals surface area contributed by atoms with Crippen molar-refractivity contribution in [2.75, 3.05) is 7.05 Å². The normalized spacial score (nSPS) is 14.8. The minimum atomic E-state index is -0.268. The van der Waals surface area contributed by atoms with Gasteiger partial charge in [0.25, 0.3) is 11.8 Å². The van der Waals surface area contributed by atoms with Gasteiger partial charge in [0.15, 0.2) is 0 Å². The van der Waals surface area contributed by atoms with Gasteiger partial charge in [-0.25, -0.2) is 0 Å². The molecule has 0 fully saturated rings. The molecule has 5 nitrogen and oxygen atoms in total. The van der Waals surface area contributed by atoms with Crippen molar-refractivity contribution in [3.05, 3.63) is 71.0 Å². The summed E-state index contributed by atoms with van der Waals surface area (Å²) in [4.78, 5) is 30.8. The van der Waals surface area contributed by atoms with Crippen LogP contribution in [0.25, 0.3) is 33.0 Å². The van der Waals surface area contributed by atoms with Crippen molar-refractivity contribution >= 4 is 44.8 Å². The lowest BCUT2D eigenvalue weighted by Gasteiger charge is -2.06. The number of fused-ring (bicyclic) bond motifs is 2. The third-order valence-corrected chi connectivity index (χ3v) is 5.81. The second-order valence-corrected chi connectivity index (χ2v) is 7.84. The van der Waals surface area contributed by atoms with E-state index in [4.69, 9.17) is 0 Å². The van der Waals surface area contributed by atoms with Crippen LogP contribution in [0.3, 0.4) is 0 Å². The molecule has 2 aromatic carbocycles. The summed E-state index contributed by atoms with van der Waals surface area (Å²) in [6.45, 7) is 4.07. The maximum absolute atomic E-state index is 13.2. The summed E-state index contributed by atoms with van der Waals surface area (Å²) in [6, 6.07) is 12.2. The van der Waals surface area contributed by atoms with E-state index >= 15 is 0 Å². The zero-order valence-corrected chi connectivity index (χ0v) is 16.8. The standard InChI is InChI=1S/C24H21N3O2/c1-13-5-7-15-17(11-25-19(15)9-13)21-22(24(29)27(4)23(21)28)18-12-26(3)20-10-14(2)6-8-16(18)20/h5-12,25H,1-4H3. The van der Waals surface area contributed by atoms with E-state index in [-0.39, 0.29) is 11.8 Å². The van der Waals surface area contributed by atoms with E-state index in [9.17, 15) is 9.59 Å². The molecule has 0 spiro atoms. The Kier molecular flexibility index (Phi) is 3.59. The number of likely N-dealkylation sites (N-methyl/N-ethyl adjacent to an activating group) is 1. The molecule has 0 atom stereocenters. The molecule has 2 aromatic heterocycles. The van der Waals surface area contributed by atoms with Gasteiger partial charge in [-0.05, 0) is 37.1 Å². The smallest absolute Gasteiger partial charge is 0.261 e. The first kappa shape index (κ1) is 17.5. The SMILES string of the molecule is Cc1ccc2c(C3=C(c4cn(C)c5cc(C)ccc45)C(=O)N(C)C3=O)c[nH]c2c1. The molecule has 5 heteroatoms. The third-order valence-electron chi connectivity index (χ3n) is 5.81. The Balaban J connectivity index is 1.86. The summed E-state index contributed by atoms with van der Waals surface area (Å²) >= 11 is 0. The fraction of sp³-hybridized carbons (Fsp3) is 0.167. The molecule has 5 rings (SSSR count). The number of nitrogens with zero attached hydrogens (tertiary/aromatic N) is 2. The number of amides is 2. The van der Waals surface area contributed by atoms with Gasteiger partial charge >= 0.3 is 0 Å². The van der Waals surface area contributed by atoms with Crippen LogP contribution in [0, 0.1) is 13.8 Å². The van der Waals surface area contributed by atoms with Crippen LogP contribution in [0.4, 0.5) is 0 Å². The minimum absolute atomic E-state index is 0.264. The number of aromatic amines is 1. The van der Waals surface area contributed by atoms with Gasteiger partial charge in [-0.15, -0.1) is 0 Å². The number of nitrogens with one attached hydrogen (secondary N) is 1. The Morgan fingerprint density at radius 2 is 1.41 bits per heavy atom. The van der Waals surface area contributed by atoms with Crippen molar-refractivity contribution in [3.8, 4) is 0 Å². The largest absolute Gasteiger partial charge is 0.361 e. The molecule has 0 saturated heterocycles. The number of benzene rings is 2. The highest BCUT2D eigenvalue weighted by molar-refractivity contribution is 6.50. The van der Waals surface area contributed by atoms with Gasteiger partial charge in [0.05, 0.1) is 11.1 Å². The van der Waals surface area contributed by atoms with Crippen LogP contribution in [-0.4, -0.2) is 33.3 Å². The number of hydrogen-bond donors (Lipinski definition) is 1. The van der Waals surface area contributed by atoms with Gasteiger partial charge in [0.1, 0.15) is 0 Å². The molecule has 2 amide bonds. The van der Waals surface area contributed by atoms with Crippen LogP contribution in [0.5, 0.6) is 0 Å². The zero-order valence-electron chi connectivity index (χ0n) is 16.8. The van der Waals surface area contributed by atoms with Crippen molar-refractivity contribution in [1.29, 1.82) is 0 Å². The minimum Gasteiger partial charge on any atom is -0.361 e. The van der Waals surface area contributed by atoms with Gasteiger partial charge in [-0.3, -0.25) is 14.5 Å². The Bertz CT molecular complexity index is 1380. The number of aromatic nitrogens is 2. The molecule has 29 heavy (non-hydrogen) atoms. The van der Waals surface area contributed by atoms with Crippen molar-refractivity contribution in [3.63, 3.8) is 0 Å². The number of rotatable bonds is 2. The van der Waals surface area contributed by atoms with E-state index < -0.39 is 0 Å². The third kappa shape index (κ3) is 2.40. The molecule has 1 aliphatic rings. The molecular weight excluding hydrogens is 362 g/mol. The zero-order chi connectivity index (χ0) is 20.4. The van der Waals surface area contributed by atoms with E-state index in [1.807, 2.05) is 68.2 Å². The van der Waals surface area contributed by atoms with Crippen molar-refractivity contribution in [1.82, 2.24) is 14.5 Å². The van der Waals surface area contributed by atoms with Crippen LogP contribution in [0.1, 0.15) is 22.3 Å². The molecule has 0 unspecified atom stereocenters. The molecule has 1 N–H and O–H groups in total. The van der Waals surface area contributed by atoms with Gasteiger partial charge < -0.3 is 9.55 Å². The van der Waals surface area contributed by atoms with E-state index in [0.29, 0.717) is 11.1 Å². The predicted molar refractivity (Wildman–Crippen MR) is 115 cm³/mol. The molecular formula is C24H21N3O2. The molecule has 3 heterocycles. The first-order chi connectivity index (χ1) is 13.9. The second kappa shape index (κ2) is 5.95. The van der Waals surface area contributed by atoms with Crippen molar-refractivity contribution in [2.45, 2.75) is 13.8 Å². The highest BCUT2D eigenvalue weighted by atomic mass is 16.2. The summed E-state index contributed by atoms with van der Waals surface area (Å²) < 4.78 is 2.01. The Morgan fingerprint density at radius 3 is 2.14 bits per heavy atom. The Morgan fingerprint density at radius 1 is 0.793 bits per heavy atom. The first-order valence-electron chi connectivity index (χ1n) is 9.57. The summed E-state index contributed by atoms with van der Waals surface area (Å²) in [5.41, 5.74) is 6.76. The molecule has 0 aliphatic carbocycles. The van der Waals surface area contributed by atoms with Crippen LogP contribution in [-0.2, 0) is 16.6 Å².